The van der Waals surface area contributed by atoms with Crippen LogP contribution in [-0.2, 0) is 31.1 Å². The summed E-state index contributed by atoms with van der Waals surface area (Å²) in [5.74, 6) is -2.37. The first-order valence-electron chi connectivity index (χ1n) is 8.79. The van der Waals surface area contributed by atoms with E-state index < -0.39 is 51.7 Å². The number of anilines is 1. The van der Waals surface area contributed by atoms with Crippen LogP contribution in [0.2, 0.25) is 0 Å². The molecular weight excluding hydrogens is 468 g/mol. The minimum atomic E-state index is -3.78. The second-order valence-corrected chi connectivity index (χ2v) is 9.48. The summed E-state index contributed by atoms with van der Waals surface area (Å²) < 4.78 is 24.4. The van der Waals surface area contributed by atoms with E-state index in [-0.39, 0.29) is 22.2 Å². The predicted octanol–water partition coefficient (Wildman–Crippen LogP) is -1.57. The molecule has 0 radical (unpaired) electrons. The zero-order chi connectivity index (χ0) is 23.8. The number of thiazole rings is 1. The molecule has 0 saturated carbocycles. The van der Waals surface area contributed by atoms with Crippen molar-refractivity contribution in [3.63, 3.8) is 0 Å². The highest BCUT2D eigenvalue weighted by Gasteiger charge is 2.50. The number of nitrogens with zero attached hydrogens (tertiary/aromatic N) is 4. The minimum Gasteiger partial charge on any atom is -0.503 e. The first-order valence-corrected chi connectivity index (χ1v) is 11.5. The van der Waals surface area contributed by atoms with Gasteiger partial charge >= 0.3 is 0 Å². The van der Waals surface area contributed by atoms with Crippen LogP contribution in [0, 0.1) is 0 Å². The number of carbonyl (C=O) groups excluding carboxylic acids is 2. The molecule has 172 valence electrons. The maximum absolute atomic E-state index is 12.8. The zero-order valence-corrected chi connectivity index (χ0v) is 18.3. The van der Waals surface area contributed by atoms with Gasteiger partial charge in [0.05, 0.1) is 18.5 Å². The molecule has 1 fully saturated rings. The van der Waals surface area contributed by atoms with E-state index in [2.05, 4.69) is 15.5 Å². The molecule has 1 aliphatic rings. The molecule has 3 heterocycles. The summed E-state index contributed by atoms with van der Waals surface area (Å²) in [6.45, 7) is 0.982. The Morgan fingerprint density at radius 2 is 2.12 bits per heavy atom. The Labute approximate surface area is 184 Å². The van der Waals surface area contributed by atoms with Gasteiger partial charge in [0.1, 0.15) is 17.4 Å². The van der Waals surface area contributed by atoms with Gasteiger partial charge in [-0.25, -0.2) is 17.7 Å². The molecule has 0 aliphatic carbocycles. The van der Waals surface area contributed by atoms with Crippen LogP contribution >= 0.6 is 11.3 Å². The number of pyridine rings is 1. The monoisotopic (exact) mass is 486 g/mol. The van der Waals surface area contributed by atoms with Crippen molar-refractivity contribution >= 4 is 44.0 Å². The van der Waals surface area contributed by atoms with Crippen LogP contribution in [0.3, 0.4) is 0 Å². The number of carbonyl (C=O) groups is 2. The van der Waals surface area contributed by atoms with Gasteiger partial charge in [0.2, 0.25) is 15.5 Å². The largest absolute Gasteiger partial charge is 0.503 e. The van der Waals surface area contributed by atoms with Crippen LogP contribution in [0.15, 0.2) is 27.6 Å². The predicted molar refractivity (Wildman–Crippen MR) is 110 cm³/mol. The van der Waals surface area contributed by atoms with Gasteiger partial charge in [-0.3, -0.25) is 14.4 Å². The molecule has 14 nitrogen and oxygen atoms in total. The fourth-order valence-electron chi connectivity index (χ4n) is 2.88. The van der Waals surface area contributed by atoms with Crippen molar-refractivity contribution in [3.05, 3.63) is 39.3 Å². The van der Waals surface area contributed by atoms with Gasteiger partial charge in [-0.15, -0.1) is 11.3 Å². The zero-order valence-electron chi connectivity index (χ0n) is 16.6. The third kappa shape index (κ3) is 4.50. The number of nitrogens with two attached hydrogens (primary N) is 1. The normalized spacial score (nSPS) is 18.9. The van der Waals surface area contributed by atoms with Crippen LogP contribution < -0.4 is 16.5 Å². The first kappa shape index (κ1) is 23.0. The Morgan fingerprint density at radius 1 is 1.44 bits per heavy atom. The van der Waals surface area contributed by atoms with E-state index in [0.717, 1.165) is 29.9 Å². The molecule has 2 amide bonds. The summed E-state index contributed by atoms with van der Waals surface area (Å²) in [4.78, 5) is 45.4. The summed E-state index contributed by atoms with van der Waals surface area (Å²) in [5, 5.41) is 26.6. The lowest BCUT2D eigenvalue weighted by Crippen LogP contribution is -2.71. The average molecular weight is 486 g/mol. The lowest BCUT2D eigenvalue weighted by Gasteiger charge is -2.43. The van der Waals surface area contributed by atoms with Crippen LogP contribution in [0.1, 0.15) is 18.3 Å². The van der Waals surface area contributed by atoms with E-state index in [4.69, 9.17) is 10.6 Å². The molecule has 0 aromatic carbocycles. The molecule has 16 heteroatoms. The molecule has 1 aliphatic heterocycles. The van der Waals surface area contributed by atoms with E-state index >= 15 is 0 Å². The highest BCUT2D eigenvalue weighted by atomic mass is 32.2. The average Bonchev–Trinajstić information content (AvgIpc) is 3.11. The molecular formula is C16H18N6O8S2. The van der Waals surface area contributed by atoms with Crippen molar-refractivity contribution in [2.45, 2.75) is 25.6 Å². The second kappa shape index (κ2) is 8.46. The van der Waals surface area contributed by atoms with Crippen LogP contribution in [0.5, 0.6) is 5.75 Å². The van der Waals surface area contributed by atoms with Crippen molar-refractivity contribution in [1.82, 2.24) is 19.3 Å². The molecule has 5 N–H and O–H groups in total. The number of sulfonamides is 1. The maximum atomic E-state index is 12.8. The molecule has 0 unspecified atom stereocenters. The van der Waals surface area contributed by atoms with E-state index in [1.54, 1.807) is 0 Å². The number of nitrogen functional groups attached to an aromatic ring is 1. The molecule has 2 aromatic rings. The summed E-state index contributed by atoms with van der Waals surface area (Å²) in [6, 6.07) is -1.03. The lowest BCUT2D eigenvalue weighted by molar-refractivity contribution is -0.143. The van der Waals surface area contributed by atoms with E-state index in [1.165, 1.54) is 12.3 Å². The van der Waals surface area contributed by atoms with Gasteiger partial charge in [0.15, 0.2) is 23.2 Å². The number of hydrogen-bond acceptors (Lipinski definition) is 12. The third-order valence-electron chi connectivity index (χ3n) is 4.42. The molecule has 0 spiro atoms. The van der Waals surface area contributed by atoms with Gasteiger partial charge in [-0.05, 0) is 6.92 Å². The second-order valence-electron chi connectivity index (χ2n) is 6.73. The molecule has 32 heavy (non-hydrogen) atoms. The number of β-lactam (4-membered cyclic amide) rings is 1. The number of oxime groups is 1. The van der Waals surface area contributed by atoms with Gasteiger partial charge in [0.25, 0.3) is 11.8 Å². The van der Waals surface area contributed by atoms with E-state index in [1.807, 2.05) is 0 Å². The Balaban J connectivity index is 1.79. The van der Waals surface area contributed by atoms with E-state index in [9.17, 15) is 33.1 Å². The highest BCUT2D eigenvalue weighted by molar-refractivity contribution is 7.89. The molecule has 3 rings (SSSR count). The van der Waals surface area contributed by atoms with Crippen LogP contribution in [-0.4, -0.2) is 68.6 Å². The van der Waals surface area contributed by atoms with Gasteiger partial charge in [0, 0.05) is 11.4 Å². The standard InChI is InChI=1S/C16H18N6O8S2/c1-7-12(15(26)22(7)32(2,28)29)19-14(25)13(9-6-31-16(17)18-9)20-30-5-8-3-10(23)11(24)4-21(8)27/h3-4,6-7,12,24,27H,5H2,1-2H3,(H2,17,18)(H,19,25)/b20-13-/t7-,12-/m0/s1. The van der Waals surface area contributed by atoms with Crippen molar-refractivity contribution in [3.8, 4) is 5.75 Å². The highest BCUT2D eigenvalue weighted by Crippen LogP contribution is 2.23. The van der Waals surface area contributed by atoms with Gasteiger partial charge < -0.3 is 26.2 Å². The number of hydrogen-bond donors (Lipinski definition) is 4. The number of aromatic hydroxyl groups is 1. The molecule has 2 aromatic heterocycles. The first-order chi connectivity index (χ1) is 14.9. The summed E-state index contributed by atoms with van der Waals surface area (Å²) in [7, 11) is -3.78. The fourth-order valence-corrected chi connectivity index (χ4v) is 4.59. The Bertz CT molecular complexity index is 1270. The van der Waals surface area contributed by atoms with Crippen LogP contribution in [0.25, 0.3) is 0 Å². The SMILES string of the molecule is C[C@H]1[C@H](NC(=O)/C(=N\OCc2cc(=O)c(O)cn2O)c2csc(N)n2)C(=O)N1S(C)(=O)=O. The minimum absolute atomic E-state index is 0.0245. The van der Waals surface area contributed by atoms with Crippen molar-refractivity contribution in [2.24, 2.45) is 5.16 Å². The smallest absolute Gasteiger partial charge is 0.276 e. The van der Waals surface area contributed by atoms with Crippen molar-refractivity contribution in [2.75, 3.05) is 12.0 Å². The molecule has 2 atom stereocenters. The Hall–Kier alpha value is -3.66. The third-order valence-corrected chi connectivity index (χ3v) is 6.32. The number of nitrogens with one attached hydrogen (secondary N) is 1. The summed E-state index contributed by atoms with van der Waals surface area (Å²) in [6.07, 6.45) is 1.64. The van der Waals surface area contributed by atoms with E-state index in [0.29, 0.717) is 9.04 Å². The quantitative estimate of drug-likeness (QED) is 0.153. The summed E-state index contributed by atoms with van der Waals surface area (Å²) >= 11 is 1.01. The van der Waals surface area contributed by atoms with Crippen molar-refractivity contribution in [1.29, 1.82) is 0 Å². The van der Waals surface area contributed by atoms with Crippen LogP contribution in [0.4, 0.5) is 5.13 Å². The molecule has 1 saturated heterocycles. The van der Waals surface area contributed by atoms with Gasteiger partial charge in [-0.1, -0.05) is 5.16 Å². The number of rotatable bonds is 7. The topological polar surface area (TPSA) is 207 Å². The number of amides is 2. The fraction of sp³-hybridized carbons (Fsp3) is 0.312. The van der Waals surface area contributed by atoms with Gasteiger partial charge in [-0.2, -0.15) is 4.73 Å². The number of aromatic nitrogens is 2. The summed E-state index contributed by atoms with van der Waals surface area (Å²) in [5.41, 5.74) is 4.39. The molecule has 0 bridgehead atoms. The lowest BCUT2D eigenvalue weighted by atomic mass is 10.0. The maximum Gasteiger partial charge on any atom is 0.276 e. The van der Waals surface area contributed by atoms with Crippen molar-refractivity contribution < 1.29 is 33.2 Å². The Morgan fingerprint density at radius 3 is 2.69 bits per heavy atom. The Kier molecular flexibility index (Phi) is 6.09.